The van der Waals surface area contributed by atoms with Crippen molar-refractivity contribution in [1.29, 1.82) is 0 Å². The number of hydrogen-bond acceptors (Lipinski definition) is 2. The maximum atomic E-state index is 5.19. The van der Waals surface area contributed by atoms with E-state index < -0.39 is 0 Å². The molecule has 4 nitrogen and oxygen atoms in total. The highest BCUT2D eigenvalue weighted by molar-refractivity contribution is 6.36. The number of nitrogens with zero attached hydrogens (tertiary/aromatic N) is 4. The van der Waals surface area contributed by atoms with E-state index in [-0.39, 0.29) is 0 Å². The standard InChI is InChI=1S/C48H30N4/c1-3-15-31(16-4-1)45-46(50-40-24-12-11-23-39(40)49-45)32-27-29-34(30-28-32)52-42-26-14-10-22-38(42)44-36-20-8-7-19-35(36)43-37-21-9-13-25-41(37)51(47(43)48(44)52)33-17-5-2-6-18-33/h1-30H. The molecule has 0 saturated carbocycles. The lowest BCUT2D eigenvalue weighted by atomic mass is 9.98. The van der Waals surface area contributed by atoms with Crippen LogP contribution in [0.1, 0.15) is 0 Å². The van der Waals surface area contributed by atoms with Gasteiger partial charge in [-0.25, -0.2) is 9.97 Å². The first-order chi connectivity index (χ1) is 25.8. The molecular weight excluding hydrogens is 633 g/mol. The summed E-state index contributed by atoms with van der Waals surface area (Å²) in [5.74, 6) is 0. The van der Waals surface area contributed by atoms with Gasteiger partial charge >= 0.3 is 0 Å². The second-order valence-electron chi connectivity index (χ2n) is 13.4. The maximum absolute atomic E-state index is 5.19. The molecule has 3 heterocycles. The van der Waals surface area contributed by atoms with Gasteiger partial charge in [0.25, 0.3) is 0 Å². The second-order valence-corrected chi connectivity index (χ2v) is 13.4. The fourth-order valence-electron chi connectivity index (χ4n) is 8.27. The molecule has 3 aromatic heterocycles. The van der Waals surface area contributed by atoms with E-state index in [9.17, 15) is 0 Å². The highest BCUT2D eigenvalue weighted by Gasteiger charge is 2.24. The number of fused-ring (bicyclic) bond motifs is 11. The van der Waals surface area contributed by atoms with Crippen molar-refractivity contribution in [2.75, 3.05) is 0 Å². The molecule has 0 spiro atoms. The Hall–Kier alpha value is -7.04. The van der Waals surface area contributed by atoms with Gasteiger partial charge < -0.3 is 9.13 Å². The molecule has 0 bridgehead atoms. The van der Waals surface area contributed by atoms with Crippen LogP contribution in [0.2, 0.25) is 0 Å². The predicted octanol–water partition coefficient (Wildman–Crippen LogP) is 12.3. The van der Waals surface area contributed by atoms with Gasteiger partial charge in [-0.1, -0.05) is 133 Å². The third kappa shape index (κ3) is 4.15. The Bertz CT molecular complexity index is 3160. The molecule has 0 N–H and O–H groups in total. The van der Waals surface area contributed by atoms with E-state index in [1.807, 2.05) is 30.3 Å². The molecule has 0 radical (unpaired) electrons. The van der Waals surface area contributed by atoms with Crippen molar-refractivity contribution in [1.82, 2.24) is 19.1 Å². The van der Waals surface area contributed by atoms with Gasteiger partial charge in [0.2, 0.25) is 0 Å². The number of para-hydroxylation sites is 5. The van der Waals surface area contributed by atoms with Gasteiger partial charge in [0.1, 0.15) is 0 Å². The van der Waals surface area contributed by atoms with Crippen LogP contribution in [-0.4, -0.2) is 19.1 Å². The summed E-state index contributed by atoms with van der Waals surface area (Å²) < 4.78 is 4.92. The topological polar surface area (TPSA) is 35.6 Å². The Morgan fingerprint density at radius 2 is 0.692 bits per heavy atom. The van der Waals surface area contributed by atoms with Gasteiger partial charge in [-0.3, -0.25) is 0 Å². The monoisotopic (exact) mass is 662 g/mol. The fourth-order valence-corrected chi connectivity index (χ4v) is 8.27. The van der Waals surface area contributed by atoms with Gasteiger partial charge in [-0.15, -0.1) is 0 Å². The van der Waals surface area contributed by atoms with Gasteiger partial charge in [-0.2, -0.15) is 0 Å². The summed E-state index contributed by atoms with van der Waals surface area (Å²) in [4.78, 5) is 10.3. The molecule has 11 aromatic rings. The molecule has 52 heavy (non-hydrogen) atoms. The molecule has 0 aliphatic heterocycles. The Morgan fingerprint density at radius 1 is 0.308 bits per heavy atom. The zero-order valence-electron chi connectivity index (χ0n) is 28.1. The van der Waals surface area contributed by atoms with Gasteiger partial charge in [0, 0.05) is 44.0 Å². The summed E-state index contributed by atoms with van der Waals surface area (Å²) in [6, 6.07) is 64.7. The van der Waals surface area contributed by atoms with Crippen LogP contribution in [0.25, 0.3) is 99.3 Å². The summed E-state index contributed by atoms with van der Waals surface area (Å²) >= 11 is 0. The molecule has 0 unspecified atom stereocenters. The first-order valence-corrected chi connectivity index (χ1v) is 17.7. The van der Waals surface area contributed by atoms with Crippen LogP contribution in [0.3, 0.4) is 0 Å². The first-order valence-electron chi connectivity index (χ1n) is 17.7. The number of rotatable bonds is 4. The van der Waals surface area contributed by atoms with Crippen LogP contribution in [0.4, 0.5) is 0 Å². The molecule has 4 heteroatoms. The molecule has 0 aliphatic rings. The number of aromatic nitrogens is 4. The lowest BCUT2D eigenvalue weighted by Gasteiger charge is -2.15. The molecule has 0 atom stereocenters. The molecular formula is C48H30N4. The lowest BCUT2D eigenvalue weighted by molar-refractivity contribution is 1.15. The lowest BCUT2D eigenvalue weighted by Crippen LogP contribution is -1.99. The molecule has 0 saturated heterocycles. The SMILES string of the molecule is c1ccc(-c2nc3ccccc3nc2-c2ccc(-n3c4ccccc4c4c5ccccc5c5c6ccccc6n(-c6ccccc6)c5c43)cc2)cc1. The number of hydrogen-bond donors (Lipinski definition) is 0. The summed E-state index contributed by atoms with van der Waals surface area (Å²) in [5.41, 5.74) is 12.6. The average molecular weight is 663 g/mol. The smallest absolute Gasteiger partial charge is 0.0973 e. The van der Waals surface area contributed by atoms with Crippen LogP contribution in [0.15, 0.2) is 182 Å². The first kappa shape index (κ1) is 28.8. The summed E-state index contributed by atoms with van der Waals surface area (Å²) in [5, 5.41) is 7.52. The van der Waals surface area contributed by atoms with Gasteiger partial charge in [-0.05, 0) is 59.3 Å². The Balaban J connectivity index is 1.25. The maximum Gasteiger partial charge on any atom is 0.0973 e. The van der Waals surface area contributed by atoms with Crippen LogP contribution in [0.5, 0.6) is 0 Å². The Labute approximate surface area is 299 Å². The van der Waals surface area contributed by atoms with E-state index in [4.69, 9.17) is 9.97 Å². The van der Waals surface area contributed by atoms with Crippen molar-refractivity contribution in [2.45, 2.75) is 0 Å². The highest BCUT2D eigenvalue weighted by Crippen LogP contribution is 2.46. The second kappa shape index (κ2) is 11.2. The van der Waals surface area contributed by atoms with Gasteiger partial charge in [0.15, 0.2) is 0 Å². The van der Waals surface area contributed by atoms with E-state index in [1.54, 1.807) is 0 Å². The molecule has 11 rings (SSSR count). The largest absolute Gasteiger partial charge is 0.307 e. The third-order valence-corrected chi connectivity index (χ3v) is 10.5. The van der Waals surface area contributed by atoms with E-state index in [1.165, 1.54) is 54.4 Å². The minimum Gasteiger partial charge on any atom is -0.307 e. The van der Waals surface area contributed by atoms with Crippen molar-refractivity contribution in [3.05, 3.63) is 182 Å². The summed E-state index contributed by atoms with van der Waals surface area (Å²) in [7, 11) is 0. The molecule has 0 amide bonds. The minimum absolute atomic E-state index is 0.872. The zero-order chi connectivity index (χ0) is 34.2. The van der Waals surface area contributed by atoms with E-state index in [0.29, 0.717) is 0 Å². The summed E-state index contributed by atoms with van der Waals surface area (Å²) in [6.07, 6.45) is 0. The van der Waals surface area contributed by atoms with E-state index in [2.05, 4.69) is 161 Å². The fraction of sp³-hybridized carbons (Fsp3) is 0. The van der Waals surface area contributed by atoms with Crippen molar-refractivity contribution in [3.8, 4) is 33.9 Å². The van der Waals surface area contributed by atoms with Gasteiger partial charge in [0.05, 0.1) is 44.5 Å². The predicted molar refractivity (Wildman–Crippen MR) is 217 cm³/mol. The van der Waals surface area contributed by atoms with Crippen molar-refractivity contribution in [3.63, 3.8) is 0 Å². The number of benzene rings is 8. The van der Waals surface area contributed by atoms with Crippen LogP contribution in [0, 0.1) is 0 Å². The molecule has 0 fully saturated rings. The third-order valence-electron chi connectivity index (χ3n) is 10.5. The van der Waals surface area contributed by atoms with E-state index >= 15 is 0 Å². The van der Waals surface area contributed by atoms with Crippen LogP contribution >= 0.6 is 0 Å². The minimum atomic E-state index is 0.872. The van der Waals surface area contributed by atoms with Crippen molar-refractivity contribution < 1.29 is 0 Å². The highest BCUT2D eigenvalue weighted by atomic mass is 15.0. The summed E-state index contributed by atoms with van der Waals surface area (Å²) in [6.45, 7) is 0. The van der Waals surface area contributed by atoms with Crippen molar-refractivity contribution >= 4 is 65.4 Å². The van der Waals surface area contributed by atoms with E-state index in [0.717, 1.165) is 44.9 Å². The molecule has 8 aromatic carbocycles. The normalized spacial score (nSPS) is 11.8. The molecule has 242 valence electrons. The van der Waals surface area contributed by atoms with Crippen LogP contribution < -0.4 is 0 Å². The van der Waals surface area contributed by atoms with Crippen molar-refractivity contribution in [2.24, 2.45) is 0 Å². The van der Waals surface area contributed by atoms with Crippen LogP contribution in [-0.2, 0) is 0 Å². The molecule has 0 aliphatic carbocycles. The quantitative estimate of drug-likeness (QED) is 0.188. The Morgan fingerprint density at radius 3 is 1.21 bits per heavy atom. The Kier molecular flexibility index (Phi) is 6.22. The zero-order valence-corrected chi connectivity index (χ0v) is 28.1. The average Bonchev–Trinajstić information content (AvgIpc) is 3.75.